The Balaban J connectivity index is 2.46. The second-order valence-electron chi connectivity index (χ2n) is 2.36. The van der Waals surface area contributed by atoms with Crippen LogP contribution in [-0.4, -0.2) is 12.4 Å². The first-order chi connectivity index (χ1) is 5.84. The summed E-state index contributed by atoms with van der Waals surface area (Å²) < 4.78 is 6.68. The maximum atomic E-state index is 5.52. The summed E-state index contributed by atoms with van der Waals surface area (Å²) >= 11 is 6.38. The highest BCUT2D eigenvalue weighted by Crippen LogP contribution is 2.19. The summed E-state index contributed by atoms with van der Waals surface area (Å²) in [5, 5.41) is 0. The number of hydrogen-bond acceptors (Lipinski definition) is 2. The van der Waals surface area contributed by atoms with E-state index in [4.69, 9.17) is 4.74 Å². The quantitative estimate of drug-likeness (QED) is 0.510. The van der Waals surface area contributed by atoms with Crippen molar-refractivity contribution >= 4 is 35.2 Å². The first-order valence-corrected chi connectivity index (χ1v) is 5.54. The van der Waals surface area contributed by atoms with Crippen molar-refractivity contribution in [2.45, 2.75) is 6.42 Å². The second kappa shape index (κ2) is 5.70. The lowest BCUT2D eigenvalue weighted by Crippen LogP contribution is -1.98. The number of halogens is 1. The lowest BCUT2D eigenvalue weighted by Gasteiger charge is -2.05. The van der Waals surface area contributed by atoms with Gasteiger partial charge in [-0.2, -0.15) is 12.6 Å². The Bertz CT molecular complexity index is 240. The van der Waals surface area contributed by atoms with Crippen LogP contribution in [0.4, 0.5) is 0 Å². The molecule has 1 aromatic carbocycles. The van der Waals surface area contributed by atoms with Crippen molar-refractivity contribution in [2.75, 3.05) is 12.4 Å². The van der Waals surface area contributed by atoms with E-state index in [1.54, 1.807) is 0 Å². The van der Waals surface area contributed by atoms with Gasteiger partial charge in [-0.15, -0.1) is 0 Å². The van der Waals surface area contributed by atoms with Crippen LogP contribution in [0, 0.1) is 3.57 Å². The average Bonchev–Trinajstić information content (AvgIpc) is 2.09. The molecule has 0 aliphatic carbocycles. The fourth-order valence-electron chi connectivity index (χ4n) is 0.808. The summed E-state index contributed by atoms with van der Waals surface area (Å²) in [5.41, 5.74) is 0. The van der Waals surface area contributed by atoms with Crippen molar-refractivity contribution in [3.63, 3.8) is 0 Å². The molecule has 1 aromatic rings. The largest absolute Gasteiger partial charge is 0.492 e. The van der Waals surface area contributed by atoms with Crippen LogP contribution < -0.4 is 4.74 Å². The van der Waals surface area contributed by atoms with Gasteiger partial charge in [0.1, 0.15) is 5.75 Å². The predicted molar refractivity (Wildman–Crippen MR) is 63.1 cm³/mol. The van der Waals surface area contributed by atoms with E-state index in [-0.39, 0.29) is 0 Å². The molecule has 0 unspecified atom stereocenters. The Hall–Kier alpha value is 0.100. The van der Waals surface area contributed by atoms with Gasteiger partial charge in [-0.25, -0.2) is 0 Å². The van der Waals surface area contributed by atoms with Crippen LogP contribution in [0.25, 0.3) is 0 Å². The topological polar surface area (TPSA) is 9.23 Å². The fourth-order valence-corrected chi connectivity index (χ4v) is 1.48. The zero-order valence-electron chi connectivity index (χ0n) is 6.66. The average molecular weight is 294 g/mol. The third-order valence-electron chi connectivity index (χ3n) is 1.40. The van der Waals surface area contributed by atoms with Gasteiger partial charge in [-0.3, -0.25) is 0 Å². The number of rotatable bonds is 4. The highest BCUT2D eigenvalue weighted by atomic mass is 127. The molecule has 0 saturated heterocycles. The van der Waals surface area contributed by atoms with Gasteiger partial charge < -0.3 is 4.74 Å². The van der Waals surface area contributed by atoms with Gasteiger partial charge in [0.2, 0.25) is 0 Å². The molecular formula is C9H11IOS. The molecule has 0 saturated carbocycles. The maximum Gasteiger partial charge on any atom is 0.132 e. The third kappa shape index (κ3) is 3.23. The van der Waals surface area contributed by atoms with Crippen molar-refractivity contribution in [3.05, 3.63) is 27.8 Å². The molecule has 0 aliphatic rings. The van der Waals surface area contributed by atoms with Crippen molar-refractivity contribution in [1.29, 1.82) is 0 Å². The SMILES string of the molecule is SCCCOc1ccccc1I. The van der Waals surface area contributed by atoms with Gasteiger partial charge in [-0.05, 0) is 46.9 Å². The number of ether oxygens (including phenoxy) is 1. The molecule has 0 heterocycles. The van der Waals surface area contributed by atoms with E-state index in [9.17, 15) is 0 Å². The van der Waals surface area contributed by atoms with Crippen LogP contribution in [0.15, 0.2) is 24.3 Å². The Morgan fingerprint density at radius 1 is 1.33 bits per heavy atom. The Kier molecular flexibility index (Phi) is 4.83. The molecule has 1 rings (SSSR count). The monoisotopic (exact) mass is 294 g/mol. The van der Waals surface area contributed by atoms with E-state index in [0.29, 0.717) is 0 Å². The number of thiol groups is 1. The molecule has 12 heavy (non-hydrogen) atoms. The number of para-hydroxylation sites is 1. The highest BCUT2D eigenvalue weighted by molar-refractivity contribution is 14.1. The molecule has 0 radical (unpaired) electrons. The van der Waals surface area contributed by atoms with Gasteiger partial charge in [0.05, 0.1) is 10.2 Å². The summed E-state index contributed by atoms with van der Waals surface area (Å²) in [4.78, 5) is 0. The molecule has 0 N–H and O–H groups in total. The van der Waals surface area contributed by atoms with E-state index < -0.39 is 0 Å². The van der Waals surface area contributed by atoms with Gasteiger partial charge in [0.15, 0.2) is 0 Å². The minimum atomic E-state index is 0.753. The van der Waals surface area contributed by atoms with Crippen LogP contribution in [0.3, 0.4) is 0 Å². The molecule has 0 spiro atoms. The minimum absolute atomic E-state index is 0.753. The van der Waals surface area contributed by atoms with E-state index in [0.717, 1.165) is 28.1 Å². The molecule has 0 aliphatic heterocycles. The zero-order valence-corrected chi connectivity index (χ0v) is 9.72. The van der Waals surface area contributed by atoms with Gasteiger partial charge in [0.25, 0.3) is 0 Å². The van der Waals surface area contributed by atoms with Crippen molar-refractivity contribution < 1.29 is 4.74 Å². The molecule has 1 nitrogen and oxygen atoms in total. The van der Waals surface area contributed by atoms with E-state index in [2.05, 4.69) is 35.2 Å². The van der Waals surface area contributed by atoms with Crippen LogP contribution in [0.1, 0.15) is 6.42 Å². The van der Waals surface area contributed by atoms with Crippen molar-refractivity contribution in [2.24, 2.45) is 0 Å². The van der Waals surface area contributed by atoms with Gasteiger partial charge in [0, 0.05) is 0 Å². The Morgan fingerprint density at radius 3 is 2.75 bits per heavy atom. The first kappa shape index (κ1) is 10.2. The molecule has 0 fully saturated rings. The van der Waals surface area contributed by atoms with Crippen LogP contribution >= 0.6 is 35.2 Å². The Morgan fingerprint density at radius 2 is 2.08 bits per heavy atom. The second-order valence-corrected chi connectivity index (χ2v) is 3.97. The molecule has 3 heteroatoms. The fraction of sp³-hybridized carbons (Fsp3) is 0.333. The van der Waals surface area contributed by atoms with Crippen molar-refractivity contribution in [3.8, 4) is 5.75 Å². The third-order valence-corrected chi connectivity index (χ3v) is 2.60. The van der Waals surface area contributed by atoms with Gasteiger partial charge in [-0.1, -0.05) is 12.1 Å². The number of hydrogen-bond donors (Lipinski definition) is 1. The maximum absolute atomic E-state index is 5.52. The van der Waals surface area contributed by atoms with E-state index >= 15 is 0 Å². The molecule has 0 bridgehead atoms. The summed E-state index contributed by atoms with van der Waals surface area (Å²) in [7, 11) is 0. The summed E-state index contributed by atoms with van der Waals surface area (Å²) in [6, 6.07) is 8.02. The Labute approximate surface area is 92.1 Å². The smallest absolute Gasteiger partial charge is 0.132 e. The molecular weight excluding hydrogens is 283 g/mol. The summed E-state index contributed by atoms with van der Waals surface area (Å²) in [5.74, 6) is 1.85. The summed E-state index contributed by atoms with van der Waals surface area (Å²) in [6.07, 6.45) is 0.994. The standard InChI is InChI=1S/C9H11IOS/c10-8-4-1-2-5-9(8)11-6-3-7-12/h1-2,4-5,12H,3,6-7H2. The molecule has 0 aromatic heterocycles. The first-order valence-electron chi connectivity index (χ1n) is 3.83. The highest BCUT2D eigenvalue weighted by Gasteiger charge is 1.96. The zero-order chi connectivity index (χ0) is 8.81. The number of benzene rings is 1. The van der Waals surface area contributed by atoms with Crippen LogP contribution in [0.2, 0.25) is 0 Å². The van der Waals surface area contributed by atoms with E-state index in [1.807, 2.05) is 24.3 Å². The molecule has 0 amide bonds. The molecule has 66 valence electrons. The summed E-state index contributed by atoms with van der Waals surface area (Å²) in [6.45, 7) is 0.753. The van der Waals surface area contributed by atoms with Crippen LogP contribution in [0.5, 0.6) is 5.75 Å². The van der Waals surface area contributed by atoms with Gasteiger partial charge >= 0.3 is 0 Å². The minimum Gasteiger partial charge on any atom is -0.492 e. The van der Waals surface area contributed by atoms with E-state index in [1.165, 1.54) is 0 Å². The van der Waals surface area contributed by atoms with Crippen molar-refractivity contribution in [1.82, 2.24) is 0 Å². The molecule has 0 atom stereocenters. The normalized spacial score (nSPS) is 9.83. The predicted octanol–water partition coefficient (Wildman–Crippen LogP) is 2.99. The van der Waals surface area contributed by atoms with Crippen LogP contribution in [-0.2, 0) is 0 Å². The lowest BCUT2D eigenvalue weighted by molar-refractivity contribution is 0.316. The lowest BCUT2D eigenvalue weighted by atomic mass is 10.3.